The van der Waals surface area contributed by atoms with Gasteiger partial charge in [0, 0.05) is 9.86 Å². The monoisotopic (exact) mass is 432 g/mol. The predicted octanol–water partition coefficient (Wildman–Crippen LogP) is 4.82. The van der Waals surface area contributed by atoms with Gasteiger partial charge in [-0.2, -0.15) is 0 Å². The zero-order valence-corrected chi connectivity index (χ0v) is 15.9. The van der Waals surface area contributed by atoms with Crippen LogP contribution < -0.4 is 13.8 Å². The number of anilines is 1. The number of hydrogen-bond donors (Lipinski definition) is 1. The molecule has 0 aliphatic carbocycles. The maximum absolute atomic E-state index is 15.3. The van der Waals surface area contributed by atoms with Crippen molar-refractivity contribution in [1.82, 2.24) is 4.72 Å². The van der Waals surface area contributed by atoms with E-state index in [0.717, 1.165) is 27.6 Å². The van der Waals surface area contributed by atoms with Crippen LogP contribution in [-0.4, -0.2) is 12.5 Å². The first-order valence-electron chi connectivity index (χ1n) is 7.93. The number of benzene rings is 3. The molecule has 4 rings (SSSR count). The van der Waals surface area contributed by atoms with Crippen molar-refractivity contribution >= 4 is 50.4 Å². The van der Waals surface area contributed by atoms with Crippen molar-refractivity contribution in [2.24, 2.45) is 0 Å². The van der Waals surface area contributed by atoms with E-state index in [1.54, 1.807) is 10.4 Å². The SMILES string of the molecule is O=C1CN(c2c(OCc3ccccc3)cc3ccc(Br)cc3c2F)SN1. The van der Waals surface area contributed by atoms with E-state index in [9.17, 15) is 4.79 Å². The molecule has 1 saturated heterocycles. The van der Waals surface area contributed by atoms with Gasteiger partial charge in [-0.25, -0.2) is 4.39 Å². The Morgan fingerprint density at radius 1 is 1.19 bits per heavy atom. The average Bonchev–Trinajstić information content (AvgIpc) is 3.07. The van der Waals surface area contributed by atoms with E-state index in [4.69, 9.17) is 4.74 Å². The molecule has 132 valence electrons. The number of ether oxygens (including phenoxy) is 1. The lowest BCUT2D eigenvalue weighted by Gasteiger charge is -2.20. The zero-order chi connectivity index (χ0) is 18.1. The van der Waals surface area contributed by atoms with E-state index < -0.39 is 5.82 Å². The summed E-state index contributed by atoms with van der Waals surface area (Å²) in [6.07, 6.45) is 0. The molecule has 1 N–H and O–H groups in total. The third-order valence-corrected chi connectivity index (χ3v) is 5.37. The summed E-state index contributed by atoms with van der Waals surface area (Å²) in [5, 5.41) is 1.21. The lowest BCUT2D eigenvalue weighted by atomic mass is 10.1. The summed E-state index contributed by atoms with van der Waals surface area (Å²) in [6.45, 7) is 0.387. The smallest absolute Gasteiger partial charge is 0.251 e. The molecule has 0 spiro atoms. The standard InChI is InChI=1S/C19H14BrFN2O2S/c20-14-7-6-13-8-16(25-11-12-4-2-1-3-5-12)19(18(21)15(13)9-14)23-10-17(24)22-26-23/h1-9H,10-11H2,(H,22,24). The summed E-state index contributed by atoms with van der Waals surface area (Å²) < 4.78 is 26.3. The molecule has 0 aromatic heterocycles. The fraction of sp³-hybridized carbons (Fsp3) is 0.105. The lowest BCUT2D eigenvalue weighted by Crippen LogP contribution is -2.17. The van der Waals surface area contributed by atoms with Gasteiger partial charge in [-0.15, -0.1) is 0 Å². The van der Waals surface area contributed by atoms with Crippen LogP contribution in [0.15, 0.2) is 59.1 Å². The number of carbonyl (C=O) groups excluding carboxylic acids is 1. The van der Waals surface area contributed by atoms with Gasteiger partial charge in [0.1, 0.15) is 24.6 Å². The third kappa shape index (κ3) is 3.37. The molecule has 1 fully saturated rings. The molecule has 0 saturated carbocycles. The Kier molecular flexibility index (Phi) is 4.74. The summed E-state index contributed by atoms with van der Waals surface area (Å²) in [7, 11) is 0. The number of nitrogens with one attached hydrogen (secondary N) is 1. The fourth-order valence-corrected chi connectivity index (χ4v) is 3.87. The summed E-state index contributed by atoms with van der Waals surface area (Å²) in [5.41, 5.74) is 1.26. The molecule has 1 heterocycles. The van der Waals surface area contributed by atoms with Gasteiger partial charge in [-0.05, 0) is 29.1 Å². The van der Waals surface area contributed by atoms with Crippen molar-refractivity contribution < 1.29 is 13.9 Å². The molecule has 1 amide bonds. The molecule has 0 bridgehead atoms. The fourth-order valence-electron chi connectivity index (χ4n) is 2.79. The number of fused-ring (bicyclic) bond motifs is 1. The number of nitrogens with zero attached hydrogens (tertiary/aromatic N) is 1. The number of rotatable bonds is 4. The van der Waals surface area contributed by atoms with Crippen LogP contribution in [0, 0.1) is 5.82 Å². The maximum Gasteiger partial charge on any atom is 0.251 e. The van der Waals surface area contributed by atoms with Crippen LogP contribution in [0.5, 0.6) is 5.75 Å². The Morgan fingerprint density at radius 3 is 2.73 bits per heavy atom. The van der Waals surface area contributed by atoms with Crippen LogP contribution in [0.1, 0.15) is 5.56 Å². The van der Waals surface area contributed by atoms with Crippen molar-refractivity contribution in [3.8, 4) is 5.75 Å². The molecule has 3 aromatic rings. The van der Waals surface area contributed by atoms with E-state index >= 15 is 4.39 Å². The van der Waals surface area contributed by atoms with Crippen molar-refractivity contribution in [3.63, 3.8) is 0 Å². The molecule has 3 aromatic carbocycles. The number of hydrogen-bond acceptors (Lipinski definition) is 4. The van der Waals surface area contributed by atoms with Crippen LogP contribution in [0.3, 0.4) is 0 Å². The van der Waals surface area contributed by atoms with Crippen molar-refractivity contribution in [1.29, 1.82) is 0 Å². The Morgan fingerprint density at radius 2 is 2.00 bits per heavy atom. The highest BCUT2D eigenvalue weighted by molar-refractivity contribution is 9.10. The topological polar surface area (TPSA) is 41.6 Å². The number of halogens is 2. The highest BCUT2D eigenvalue weighted by Crippen LogP contribution is 2.41. The number of carbonyl (C=O) groups is 1. The third-order valence-electron chi connectivity index (χ3n) is 4.02. The highest BCUT2D eigenvalue weighted by atomic mass is 79.9. The first-order valence-corrected chi connectivity index (χ1v) is 9.50. The molecule has 1 aliphatic rings. The largest absolute Gasteiger partial charge is 0.487 e. The van der Waals surface area contributed by atoms with Crippen LogP contribution in [0.25, 0.3) is 10.8 Å². The van der Waals surface area contributed by atoms with E-state index in [1.165, 1.54) is 0 Å². The predicted molar refractivity (Wildman–Crippen MR) is 105 cm³/mol. The van der Waals surface area contributed by atoms with Crippen LogP contribution in [0.4, 0.5) is 10.1 Å². The van der Waals surface area contributed by atoms with Gasteiger partial charge >= 0.3 is 0 Å². The first kappa shape index (κ1) is 17.2. The summed E-state index contributed by atoms with van der Waals surface area (Å²) in [6, 6.07) is 16.9. The van der Waals surface area contributed by atoms with Gasteiger partial charge in [-0.3, -0.25) is 13.8 Å². The van der Waals surface area contributed by atoms with Crippen LogP contribution in [0.2, 0.25) is 0 Å². The summed E-state index contributed by atoms with van der Waals surface area (Å²) >= 11 is 4.45. The first-order chi connectivity index (χ1) is 12.6. The van der Waals surface area contributed by atoms with Gasteiger partial charge < -0.3 is 4.74 Å². The number of amides is 1. The van der Waals surface area contributed by atoms with Gasteiger partial charge in [-0.1, -0.05) is 52.3 Å². The minimum Gasteiger partial charge on any atom is -0.487 e. The Bertz CT molecular complexity index is 984. The minimum atomic E-state index is -0.407. The Balaban J connectivity index is 1.78. The second kappa shape index (κ2) is 7.17. The second-order valence-corrected chi connectivity index (χ2v) is 7.57. The van der Waals surface area contributed by atoms with Crippen LogP contribution in [-0.2, 0) is 11.4 Å². The lowest BCUT2D eigenvalue weighted by molar-refractivity contribution is -0.117. The van der Waals surface area contributed by atoms with Gasteiger partial charge in [0.15, 0.2) is 5.82 Å². The average molecular weight is 433 g/mol. The minimum absolute atomic E-state index is 0.0722. The van der Waals surface area contributed by atoms with Gasteiger partial charge in [0.2, 0.25) is 0 Å². The Hall–Kier alpha value is -2.25. The summed E-state index contributed by atoms with van der Waals surface area (Å²) in [5.74, 6) is -0.168. The molecule has 0 atom stereocenters. The molecule has 26 heavy (non-hydrogen) atoms. The molecule has 0 unspecified atom stereocenters. The highest BCUT2D eigenvalue weighted by Gasteiger charge is 2.28. The molecule has 1 aliphatic heterocycles. The van der Waals surface area contributed by atoms with E-state index in [0.29, 0.717) is 17.7 Å². The van der Waals surface area contributed by atoms with Crippen molar-refractivity contribution in [2.45, 2.75) is 6.61 Å². The molecule has 4 nitrogen and oxygen atoms in total. The Labute approximate surface area is 162 Å². The quantitative estimate of drug-likeness (QED) is 0.600. The van der Waals surface area contributed by atoms with Crippen molar-refractivity contribution in [3.05, 3.63) is 70.5 Å². The molecular formula is C19H14BrFN2O2S. The van der Waals surface area contributed by atoms with Gasteiger partial charge in [0.05, 0.1) is 12.1 Å². The molecular weight excluding hydrogens is 419 g/mol. The molecule has 7 heteroatoms. The second-order valence-electron chi connectivity index (χ2n) is 5.83. The maximum atomic E-state index is 15.3. The van der Waals surface area contributed by atoms with Crippen LogP contribution >= 0.6 is 28.1 Å². The van der Waals surface area contributed by atoms with Crippen molar-refractivity contribution in [2.75, 3.05) is 10.8 Å². The van der Waals surface area contributed by atoms with E-state index in [1.807, 2.05) is 48.5 Å². The van der Waals surface area contributed by atoms with E-state index in [-0.39, 0.29) is 18.1 Å². The van der Waals surface area contributed by atoms with Gasteiger partial charge in [0.25, 0.3) is 5.91 Å². The van der Waals surface area contributed by atoms with E-state index in [2.05, 4.69) is 20.7 Å². The zero-order valence-electron chi connectivity index (χ0n) is 13.5. The summed E-state index contributed by atoms with van der Waals surface area (Å²) in [4.78, 5) is 11.6. The normalized spacial score (nSPS) is 13.9. The molecule has 0 radical (unpaired) electrons.